The maximum absolute atomic E-state index is 10.3. The normalized spacial score (nSPS) is 8.62. The molecule has 0 aliphatic rings. The van der Waals surface area contributed by atoms with Gasteiger partial charge in [-0.1, -0.05) is 0 Å². The Morgan fingerprint density at radius 2 is 1.08 bits per heavy atom. The molecule has 0 aliphatic heterocycles. The number of benzene rings is 1. The zero-order chi connectivity index (χ0) is 9.14. The Labute approximate surface area is 99.5 Å². The predicted molar refractivity (Wildman–Crippen MR) is 40.4 cm³/mol. The van der Waals surface area contributed by atoms with Crippen LogP contribution in [0.1, 0.15) is 20.7 Å². The van der Waals surface area contributed by atoms with Crippen molar-refractivity contribution in [2.45, 2.75) is 0 Å². The van der Waals surface area contributed by atoms with Crippen LogP contribution in [0.25, 0.3) is 0 Å². The first-order valence-corrected chi connectivity index (χ1v) is 3.18. The van der Waals surface area contributed by atoms with Gasteiger partial charge in [-0.3, -0.25) is 0 Å². The van der Waals surface area contributed by atoms with Crippen molar-refractivity contribution in [1.29, 1.82) is 0 Å². The third-order valence-electron chi connectivity index (χ3n) is 1.38. The molecule has 1 radical (unpaired) electrons. The van der Waals surface area contributed by atoms with Gasteiger partial charge in [-0.25, -0.2) is 9.59 Å². The van der Waals surface area contributed by atoms with Gasteiger partial charge in [0.2, 0.25) is 0 Å². The van der Waals surface area contributed by atoms with E-state index in [0.29, 0.717) is 0 Å². The SMILES string of the molecule is O=C(O)c1ccc(C(=O)O)cc1.[Y]. The standard InChI is InChI=1S/C8H6O4.Y/c9-7(10)5-1-2-6(4-3-5)8(11)12;/h1-4H,(H,9,10)(H,11,12);. The van der Waals surface area contributed by atoms with Crippen LogP contribution in [0, 0.1) is 0 Å². The van der Waals surface area contributed by atoms with E-state index < -0.39 is 11.9 Å². The molecule has 0 saturated carbocycles. The molecule has 0 bridgehead atoms. The second-order valence-corrected chi connectivity index (χ2v) is 2.19. The van der Waals surface area contributed by atoms with Crippen molar-refractivity contribution < 1.29 is 52.5 Å². The molecule has 5 heteroatoms. The van der Waals surface area contributed by atoms with E-state index in [4.69, 9.17) is 10.2 Å². The quantitative estimate of drug-likeness (QED) is 0.829. The molecule has 1 rings (SSSR count). The minimum Gasteiger partial charge on any atom is -0.478 e. The summed E-state index contributed by atoms with van der Waals surface area (Å²) in [5, 5.41) is 16.9. The molecule has 0 aromatic heterocycles. The van der Waals surface area contributed by atoms with E-state index in [1.807, 2.05) is 0 Å². The fourth-order valence-corrected chi connectivity index (χ4v) is 0.755. The largest absolute Gasteiger partial charge is 0.478 e. The van der Waals surface area contributed by atoms with Crippen LogP contribution < -0.4 is 0 Å². The summed E-state index contributed by atoms with van der Waals surface area (Å²) in [5.41, 5.74) is 0.167. The summed E-state index contributed by atoms with van der Waals surface area (Å²) in [4.78, 5) is 20.7. The van der Waals surface area contributed by atoms with Crippen molar-refractivity contribution in [2.75, 3.05) is 0 Å². The minimum atomic E-state index is -1.06. The second kappa shape index (κ2) is 5.09. The summed E-state index contributed by atoms with van der Waals surface area (Å²) in [6, 6.07) is 5.02. The van der Waals surface area contributed by atoms with Gasteiger partial charge in [0.15, 0.2) is 0 Å². The second-order valence-electron chi connectivity index (χ2n) is 2.19. The molecule has 4 nitrogen and oxygen atoms in total. The van der Waals surface area contributed by atoms with Gasteiger partial charge < -0.3 is 10.2 Å². The van der Waals surface area contributed by atoms with Gasteiger partial charge >= 0.3 is 11.9 Å². The average molecular weight is 255 g/mol. The summed E-state index contributed by atoms with van der Waals surface area (Å²) in [6.45, 7) is 0. The Bertz CT molecular complexity index is 284. The van der Waals surface area contributed by atoms with E-state index in [9.17, 15) is 9.59 Å². The first kappa shape index (κ1) is 12.3. The van der Waals surface area contributed by atoms with Crippen LogP contribution in [-0.2, 0) is 32.7 Å². The van der Waals surface area contributed by atoms with Crippen molar-refractivity contribution in [3.05, 3.63) is 35.4 Å². The Morgan fingerprint density at radius 1 is 0.846 bits per heavy atom. The molecule has 0 spiro atoms. The van der Waals surface area contributed by atoms with Crippen molar-refractivity contribution in [2.24, 2.45) is 0 Å². The molecule has 1 aromatic carbocycles. The monoisotopic (exact) mass is 255 g/mol. The molecule has 0 unspecified atom stereocenters. The molecule has 0 aliphatic carbocycles. The van der Waals surface area contributed by atoms with E-state index in [-0.39, 0.29) is 43.8 Å². The van der Waals surface area contributed by atoms with Gasteiger partial charge in [-0.05, 0) is 24.3 Å². The van der Waals surface area contributed by atoms with E-state index in [1.54, 1.807) is 0 Å². The first-order chi connectivity index (χ1) is 5.61. The van der Waals surface area contributed by atoms with Crippen molar-refractivity contribution in [1.82, 2.24) is 0 Å². The van der Waals surface area contributed by atoms with Crippen molar-refractivity contribution in [3.63, 3.8) is 0 Å². The van der Waals surface area contributed by atoms with Gasteiger partial charge in [0.25, 0.3) is 0 Å². The number of carbonyl (C=O) groups is 2. The fraction of sp³-hybridized carbons (Fsp3) is 0. The van der Waals surface area contributed by atoms with Gasteiger partial charge in [0.1, 0.15) is 0 Å². The topological polar surface area (TPSA) is 74.6 Å². The molecule has 13 heavy (non-hydrogen) atoms. The van der Waals surface area contributed by atoms with E-state index >= 15 is 0 Å². The molecule has 0 saturated heterocycles. The summed E-state index contributed by atoms with van der Waals surface area (Å²) in [7, 11) is 0. The number of hydrogen-bond acceptors (Lipinski definition) is 2. The Morgan fingerprint density at radius 3 is 1.23 bits per heavy atom. The Kier molecular flexibility index (Phi) is 4.80. The number of carboxylic acid groups (broad SMARTS) is 2. The van der Waals surface area contributed by atoms with Crippen LogP contribution >= 0.6 is 0 Å². The van der Waals surface area contributed by atoms with Crippen molar-refractivity contribution >= 4 is 11.9 Å². The Hall–Kier alpha value is -0.736. The van der Waals surface area contributed by atoms with Gasteiger partial charge in [0, 0.05) is 32.7 Å². The predicted octanol–water partition coefficient (Wildman–Crippen LogP) is 1.08. The number of hydrogen-bond donors (Lipinski definition) is 2. The molecule has 0 heterocycles. The molecule has 0 amide bonds. The minimum absolute atomic E-state index is 0. The third-order valence-corrected chi connectivity index (χ3v) is 1.38. The third kappa shape index (κ3) is 3.24. The van der Waals surface area contributed by atoms with Crippen LogP contribution in [0.2, 0.25) is 0 Å². The van der Waals surface area contributed by atoms with E-state index in [2.05, 4.69) is 0 Å². The van der Waals surface area contributed by atoms with Crippen LogP contribution in [0.3, 0.4) is 0 Å². The van der Waals surface area contributed by atoms with Crippen LogP contribution in [-0.4, -0.2) is 22.2 Å². The maximum Gasteiger partial charge on any atom is 0.335 e. The van der Waals surface area contributed by atoms with E-state index in [1.165, 1.54) is 24.3 Å². The Balaban J connectivity index is 0.00000144. The molecule has 65 valence electrons. The summed E-state index contributed by atoms with van der Waals surface area (Å²) in [5.74, 6) is -2.13. The molecular formula is C8H6O4Y. The van der Waals surface area contributed by atoms with Crippen LogP contribution in [0.4, 0.5) is 0 Å². The van der Waals surface area contributed by atoms with Gasteiger partial charge in [-0.15, -0.1) is 0 Å². The molecule has 2 N–H and O–H groups in total. The van der Waals surface area contributed by atoms with E-state index in [0.717, 1.165) is 0 Å². The number of carboxylic acids is 2. The zero-order valence-corrected chi connectivity index (χ0v) is 9.44. The summed E-state index contributed by atoms with van der Waals surface area (Å²) >= 11 is 0. The van der Waals surface area contributed by atoms with Crippen LogP contribution in [0.15, 0.2) is 24.3 Å². The number of aromatic carboxylic acids is 2. The molecule has 1 aromatic rings. The van der Waals surface area contributed by atoms with Gasteiger partial charge in [-0.2, -0.15) is 0 Å². The van der Waals surface area contributed by atoms with Crippen LogP contribution in [0.5, 0.6) is 0 Å². The first-order valence-electron chi connectivity index (χ1n) is 3.18. The summed E-state index contributed by atoms with van der Waals surface area (Å²) in [6.07, 6.45) is 0. The molecule has 0 fully saturated rings. The number of rotatable bonds is 2. The molecular weight excluding hydrogens is 249 g/mol. The zero-order valence-electron chi connectivity index (χ0n) is 6.60. The molecule has 0 atom stereocenters. The smallest absolute Gasteiger partial charge is 0.335 e. The van der Waals surface area contributed by atoms with Gasteiger partial charge in [0.05, 0.1) is 11.1 Å². The maximum atomic E-state index is 10.3. The fourth-order valence-electron chi connectivity index (χ4n) is 0.755. The summed E-state index contributed by atoms with van der Waals surface area (Å²) < 4.78 is 0. The average Bonchev–Trinajstić information content (AvgIpc) is 2.04. The van der Waals surface area contributed by atoms with Crippen molar-refractivity contribution in [3.8, 4) is 0 Å².